The van der Waals surface area contributed by atoms with E-state index in [2.05, 4.69) is 23.3 Å². The molecule has 0 aliphatic heterocycles. The van der Waals surface area contributed by atoms with E-state index in [1.807, 2.05) is 55.5 Å². The van der Waals surface area contributed by atoms with Crippen LogP contribution in [0.4, 0.5) is 17.1 Å². The van der Waals surface area contributed by atoms with Crippen molar-refractivity contribution in [2.24, 2.45) is 0 Å². The van der Waals surface area contributed by atoms with Gasteiger partial charge in [0.1, 0.15) is 0 Å². The maximum atomic E-state index is 11.8. The Morgan fingerprint density at radius 3 is 2.15 bits per heavy atom. The third-order valence-corrected chi connectivity index (χ3v) is 3.21. The molecule has 0 saturated heterocycles. The number of hydrogen-bond acceptors (Lipinski definition) is 3. The summed E-state index contributed by atoms with van der Waals surface area (Å²) in [4.78, 5) is 11.8. The van der Waals surface area contributed by atoms with Gasteiger partial charge in [0.05, 0.1) is 16.6 Å². The molecule has 0 fully saturated rings. The highest BCUT2D eigenvalue weighted by atomic mass is 32.1. The molecule has 0 aliphatic carbocycles. The van der Waals surface area contributed by atoms with Crippen LogP contribution in [0.25, 0.3) is 0 Å². The molecular formula is C16H18N2OS. The number of aryl methyl sites for hydroxylation is 1. The first kappa shape index (κ1) is 14.5. The normalized spacial score (nSPS) is 11.8. The summed E-state index contributed by atoms with van der Waals surface area (Å²) in [7, 11) is 0. The topological polar surface area (TPSA) is 41.1 Å². The molecule has 4 heteroatoms. The summed E-state index contributed by atoms with van der Waals surface area (Å²) in [6.07, 6.45) is 0. The van der Waals surface area contributed by atoms with Crippen LogP contribution in [0.5, 0.6) is 0 Å². The zero-order chi connectivity index (χ0) is 14.5. The fourth-order valence-corrected chi connectivity index (χ4v) is 1.86. The van der Waals surface area contributed by atoms with Gasteiger partial charge in [-0.05, 0) is 37.6 Å². The maximum absolute atomic E-state index is 11.8. The van der Waals surface area contributed by atoms with E-state index in [9.17, 15) is 4.79 Å². The number of carbonyl (C=O) groups excluding carboxylic acids is 1. The molecule has 1 unspecified atom stereocenters. The number of benzene rings is 2. The summed E-state index contributed by atoms with van der Waals surface area (Å²) in [5.74, 6) is -0.118. The number of anilines is 3. The summed E-state index contributed by atoms with van der Waals surface area (Å²) < 4.78 is 0. The Kier molecular flexibility index (Phi) is 4.69. The smallest absolute Gasteiger partial charge is 0.236 e. The van der Waals surface area contributed by atoms with Crippen LogP contribution < -0.4 is 10.6 Å². The van der Waals surface area contributed by atoms with Crippen LogP contribution >= 0.6 is 12.6 Å². The number of rotatable bonds is 4. The largest absolute Gasteiger partial charge is 0.354 e. The Balaban J connectivity index is 2.24. The number of nitrogens with one attached hydrogen (secondary N) is 2. The van der Waals surface area contributed by atoms with Crippen molar-refractivity contribution in [1.29, 1.82) is 0 Å². The van der Waals surface area contributed by atoms with E-state index in [1.165, 1.54) is 0 Å². The van der Waals surface area contributed by atoms with Crippen LogP contribution in [0.15, 0.2) is 48.5 Å². The fourth-order valence-electron chi connectivity index (χ4n) is 1.80. The molecule has 1 amide bonds. The number of para-hydroxylation sites is 3. The highest BCUT2D eigenvalue weighted by Crippen LogP contribution is 2.27. The lowest BCUT2D eigenvalue weighted by atomic mass is 10.2. The van der Waals surface area contributed by atoms with Gasteiger partial charge in [-0.25, -0.2) is 0 Å². The zero-order valence-corrected chi connectivity index (χ0v) is 12.4. The van der Waals surface area contributed by atoms with Gasteiger partial charge in [-0.2, -0.15) is 12.6 Å². The lowest BCUT2D eigenvalue weighted by Crippen LogP contribution is -2.20. The third-order valence-electron chi connectivity index (χ3n) is 2.98. The van der Waals surface area contributed by atoms with E-state index in [0.717, 1.165) is 22.6 Å². The average Bonchev–Trinajstić information content (AvgIpc) is 2.43. The van der Waals surface area contributed by atoms with Crippen LogP contribution in [0.2, 0.25) is 0 Å². The Hall–Kier alpha value is -1.94. The summed E-state index contributed by atoms with van der Waals surface area (Å²) in [5.41, 5.74) is 3.79. The summed E-state index contributed by atoms with van der Waals surface area (Å²) in [6.45, 7) is 3.79. The van der Waals surface area contributed by atoms with Gasteiger partial charge in [-0.3, -0.25) is 4.79 Å². The predicted molar refractivity (Wildman–Crippen MR) is 88.0 cm³/mol. The molecule has 3 nitrogen and oxygen atoms in total. The second-order valence-corrected chi connectivity index (χ2v) is 5.43. The van der Waals surface area contributed by atoms with Gasteiger partial charge < -0.3 is 10.6 Å². The average molecular weight is 286 g/mol. The molecule has 0 radical (unpaired) electrons. The fraction of sp³-hybridized carbons (Fsp3) is 0.188. The monoisotopic (exact) mass is 286 g/mol. The third kappa shape index (κ3) is 3.54. The number of thiol groups is 1. The Labute approximate surface area is 124 Å². The molecule has 104 valence electrons. The quantitative estimate of drug-likeness (QED) is 0.744. The van der Waals surface area contributed by atoms with E-state index in [0.29, 0.717) is 0 Å². The first-order valence-electron chi connectivity index (χ1n) is 6.48. The van der Waals surface area contributed by atoms with Crippen molar-refractivity contribution in [1.82, 2.24) is 0 Å². The van der Waals surface area contributed by atoms with E-state index >= 15 is 0 Å². The van der Waals surface area contributed by atoms with Crippen molar-refractivity contribution in [3.8, 4) is 0 Å². The second kappa shape index (κ2) is 6.48. The first-order chi connectivity index (χ1) is 9.58. The van der Waals surface area contributed by atoms with Crippen LogP contribution in [0, 0.1) is 6.92 Å². The molecule has 0 aromatic heterocycles. The van der Waals surface area contributed by atoms with Crippen molar-refractivity contribution in [2.75, 3.05) is 10.6 Å². The number of carbonyl (C=O) groups is 1. The van der Waals surface area contributed by atoms with Crippen molar-refractivity contribution in [3.05, 3.63) is 54.1 Å². The van der Waals surface area contributed by atoms with Gasteiger partial charge in [0.25, 0.3) is 0 Å². The van der Waals surface area contributed by atoms with E-state index in [4.69, 9.17) is 0 Å². The summed E-state index contributed by atoms with van der Waals surface area (Å²) in [5, 5.41) is 5.87. The Morgan fingerprint density at radius 1 is 1.00 bits per heavy atom. The molecule has 0 heterocycles. The molecule has 2 N–H and O–H groups in total. The van der Waals surface area contributed by atoms with Gasteiger partial charge in [0, 0.05) is 5.69 Å². The van der Waals surface area contributed by atoms with E-state index in [-0.39, 0.29) is 11.2 Å². The Bertz CT molecular complexity index is 611. The SMILES string of the molecule is Cc1ccccc1Nc1ccccc1NC(=O)C(C)S. The minimum atomic E-state index is -0.346. The molecule has 2 aromatic rings. The highest BCUT2D eigenvalue weighted by molar-refractivity contribution is 7.81. The van der Waals surface area contributed by atoms with E-state index in [1.54, 1.807) is 6.92 Å². The second-order valence-electron chi connectivity index (χ2n) is 4.65. The van der Waals surface area contributed by atoms with Crippen molar-refractivity contribution >= 4 is 35.6 Å². The standard InChI is InChI=1S/C16H18N2OS/c1-11-7-3-4-8-13(11)17-14-9-5-6-10-15(14)18-16(19)12(2)20/h3-10,12,17,20H,1-2H3,(H,18,19). The first-order valence-corrected chi connectivity index (χ1v) is 7.00. The number of hydrogen-bond donors (Lipinski definition) is 3. The zero-order valence-electron chi connectivity index (χ0n) is 11.6. The highest BCUT2D eigenvalue weighted by Gasteiger charge is 2.10. The minimum absolute atomic E-state index is 0.118. The summed E-state index contributed by atoms with van der Waals surface area (Å²) in [6, 6.07) is 15.7. The van der Waals surface area contributed by atoms with Gasteiger partial charge in [-0.1, -0.05) is 30.3 Å². The molecule has 0 saturated carbocycles. The molecule has 0 aliphatic rings. The predicted octanol–water partition coefficient (Wildman–Crippen LogP) is 4.00. The number of amides is 1. The van der Waals surface area contributed by atoms with Crippen LogP contribution in [0.1, 0.15) is 12.5 Å². The molecule has 1 atom stereocenters. The van der Waals surface area contributed by atoms with Crippen LogP contribution in [-0.4, -0.2) is 11.2 Å². The summed E-state index contributed by atoms with van der Waals surface area (Å²) >= 11 is 4.14. The van der Waals surface area contributed by atoms with Crippen molar-refractivity contribution in [2.45, 2.75) is 19.1 Å². The lowest BCUT2D eigenvalue weighted by Gasteiger charge is -2.15. The van der Waals surface area contributed by atoms with Gasteiger partial charge >= 0.3 is 0 Å². The van der Waals surface area contributed by atoms with Crippen LogP contribution in [-0.2, 0) is 4.79 Å². The molecule has 20 heavy (non-hydrogen) atoms. The van der Waals surface area contributed by atoms with Gasteiger partial charge in [0.2, 0.25) is 5.91 Å². The van der Waals surface area contributed by atoms with Gasteiger partial charge in [0.15, 0.2) is 0 Å². The minimum Gasteiger partial charge on any atom is -0.354 e. The molecular weight excluding hydrogens is 268 g/mol. The lowest BCUT2D eigenvalue weighted by molar-refractivity contribution is -0.115. The molecule has 0 bridgehead atoms. The van der Waals surface area contributed by atoms with Crippen molar-refractivity contribution in [3.63, 3.8) is 0 Å². The van der Waals surface area contributed by atoms with Crippen molar-refractivity contribution < 1.29 is 4.79 Å². The Morgan fingerprint density at radius 2 is 1.55 bits per heavy atom. The molecule has 2 aromatic carbocycles. The van der Waals surface area contributed by atoms with E-state index < -0.39 is 0 Å². The van der Waals surface area contributed by atoms with Crippen LogP contribution in [0.3, 0.4) is 0 Å². The van der Waals surface area contributed by atoms with Gasteiger partial charge in [-0.15, -0.1) is 0 Å². The molecule has 0 spiro atoms. The maximum Gasteiger partial charge on any atom is 0.236 e. The molecule has 2 rings (SSSR count).